The molecule has 5 rings (SSSR count). The molecule has 2 aliphatic rings. The van der Waals surface area contributed by atoms with Crippen molar-refractivity contribution in [2.45, 2.75) is 31.3 Å². The SMILES string of the molecule is CN(C/C=C/C(=O)N1CCC(n2c(Cl)c(-c3ccc(Cl)cc3)c3c(N)ncnc32)C1)C1CC1. The molecule has 1 aromatic carbocycles. The van der Waals surface area contributed by atoms with Crippen LogP contribution in [0.15, 0.2) is 42.7 Å². The number of halogens is 2. The van der Waals surface area contributed by atoms with Crippen molar-refractivity contribution in [2.24, 2.45) is 0 Å². The van der Waals surface area contributed by atoms with E-state index in [0.29, 0.717) is 40.8 Å². The van der Waals surface area contributed by atoms with Crippen LogP contribution in [0.4, 0.5) is 5.82 Å². The predicted octanol–water partition coefficient (Wildman–Crippen LogP) is 4.41. The molecule has 0 radical (unpaired) electrons. The van der Waals surface area contributed by atoms with Gasteiger partial charge in [0.05, 0.1) is 11.4 Å². The third kappa shape index (κ3) is 4.33. The van der Waals surface area contributed by atoms with Gasteiger partial charge < -0.3 is 15.2 Å². The number of aromatic nitrogens is 3. The number of carbonyl (C=O) groups is 1. The molecular formula is C24H26Cl2N6O. The number of carbonyl (C=O) groups excluding carboxylic acids is 1. The minimum absolute atomic E-state index is 0.00170. The van der Waals surface area contributed by atoms with Crippen molar-refractivity contribution in [1.82, 2.24) is 24.3 Å². The molecule has 0 bridgehead atoms. The van der Waals surface area contributed by atoms with Gasteiger partial charge in [-0.15, -0.1) is 0 Å². The van der Waals surface area contributed by atoms with Gasteiger partial charge in [0.2, 0.25) is 5.91 Å². The van der Waals surface area contributed by atoms with Crippen molar-refractivity contribution in [3.63, 3.8) is 0 Å². The average Bonchev–Trinajstić information content (AvgIpc) is 3.46. The van der Waals surface area contributed by atoms with Crippen LogP contribution in [0, 0.1) is 0 Å². The van der Waals surface area contributed by atoms with Gasteiger partial charge in [0, 0.05) is 42.3 Å². The number of likely N-dealkylation sites (N-methyl/N-ethyl adjacent to an activating group) is 1. The van der Waals surface area contributed by atoms with Crippen molar-refractivity contribution in [3.8, 4) is 11.1 Å². The molecule has 1 amide bonds. The van der Waals surface area contributed by atoms with Gasteiger partial charge in [0.25, 0.3) is 0 Å². The Morgan fingerprint density at radius 1 is 1.21 bits per heavy atom. The minimum atomic E-state index is 0.00170. The third-order valence-corrected chi connectivity index (χ3v) is 7.17. The molecule has 33 heavy (non-hydrogen) atoms. The molecule has 3 heterocycles. The molecule has 7 nitrogen and oxygen atoms in total. The third-order valence-electron chi connectivity index (χ3n) is 6.55. The Labute approximate surface area is 202 Å². The van der Waals surface area contributed by atoms with Gasteiger partial charge in [0.1, 0.15) is 22.9 Å². The van der Waals surface area contributed by atoms with E-state index in [-0.39, 0.29) is 11.9 Å². The Kier molecular flexibility index (Phi) is 6.03. The molecule has 1 aliphatic heterocycles. The van der Waals surface area contributed by atoms with Gasteiger partial charge in [-0.2, -0.15) is 0 Å². The summed E-state index contributed by atoms with van der Waals surface area (Å²) in [4.78, 5) is 25.6. The number of rotatable bonds is 6. The van der Waals surface area contributed by atoms with E-state index in [4.69, 9.17) is 28.9 Å². The zero-order valence-corrected chi connectivity index (χ0v) is 19.9. The first-order chi connectivity index (χ1) is 15.9. The second kappa shape index (κ2) is 8.97. The number of amides is 1. The van der Waals surface area contributed by atoms with Gasteiger partial charge >= 0.3 is 0 Å². The molecule has 3 aromatic rings. The number of benzene rings is 1. The van der Waals surface area contributed by atoms with Crippen LogP contribution in [0.2, 0.25) is 10.2 Å². The summed E-state index contributed by atoms with van der Waals surface area (Å²) in [7, 11) is 2.10. The van der Waals surface area contributed by atoms with Gasteiger partial charge in [-0.3, -0.25) is 9.69 Å². The number of hydrogen-bond acceptors (Lipinski definition) is 5. The quantitative estimate of drug-likeness (QED) is 0.524. The Morgan fingerprint density at radius 2 is 1.97 bits per heavy atom. The van der Waals surface area contributed by atoms with Crippen LogP contribution in [0.5, 0.6) is 0 Å². The lowest BCUT2D eigenvalue weighted by Gasteiger charge is -2.17. The summed E-state index contributed by atoms with van der Waals surface area (Å²) in [5.41, 5.74) is 8.62. The van der Waals surface area contributed by atoms with Gasteiger partial charge in [0.15, 0.2) is 0 Å². The average molecular weight is 485 g/mol. The highest BCUT2D eigenvalue weighted by Crippen LogP contribution is 2.42. The van der Waals surface area contributed by atoms with Crippen molar-refractivity contribution in [2.75, 3.05) is 32.4 Å². The van der Waals surface area contributed by atoms with Crippen molar-refractivity contribution < 1.29 is 4.79 Å². The van der Waals surface area contributed by atoms with Crippen LogP contribution in [0.25, 0.3) is 22.2 Å². The van der Waals surface area contributed by atoms with Crippen LogP contribution in [-0.4, -0.2) is 63.0 Å². The normalized spacial score (nSPS) is 18.8. The van der Waals surface area contributed by atoms with E-state index in [2.05, 4.69) is 21.9 Å². The fourth-order valence-corrected chi connectivity index (χ4v) is 5.13. The number of fused-ring (bicyclic) bond motifs is 1. The minimum Gasteiger partial charge on any atom is -0.383 e. The summed E-state index contributed by atoms with van der Waals surface area (Å²) < 4.78 is 2.00. The lowest BCUT2D eigenvalue weighted by molar-refractivity contribution is -0.125. The number of nitrogen functional groups attached to an aromatic ring is 1. The van der Waals surface area contributed by atoms with Crippen LogP contribution < -0.4 is 5.73 Å². The highest BCUT2D eigenvalue weighted by molar-refractivity contribution is 6.35. The molecule has 1 unspecified atom stereocenters. The van der Waals surface area contributed by atoms with E-state index in [9.17, 15) is 4.79 Å². The van der Waals surface area contributed by atoms with E-state index in [1.54, 1.807) is 6.08 Å². The van der Waals surface area contributed by atoms with Gasteiger partial charge in [-0.05, 0) is 44.0 Å². The summed E-state index contributed by atoms with van der Waals surface area (Å²) in [6, 6.07) is 8.14. The zero-order chi connectivity index (χ0) is 23.1. The van der Waals surface area contributed by atoms with Crippen molar-refractivity contribution in [3.05, 3.63) is 52.9 Å². The summed E-state index contributed by atoms with van der Waals surface area (Å²) in [5.74, 6) is 0.403. The van der Waals surface area contributed by atoms with Crippen LogP contribution in [0.3, 0.4) is 0 Å². The summed E-state index contributed by atoms with van der Waals surface area (Å²) in [6.45, 7) is 2.02. The van der Waals surface area contributed by atoms with Crippen LogP contribution in [0.1, 0.15) is 25.3 Å². The second-order valence-corrected chi connectivity index (χ2v) is 9.59. The lowest BCUT2D eigenvalue weighted by Crippen LogP contribution is -2.28. The first-order valence-electron chi connectivity index (χ1n) is 11.2. The predicted molar refractivity (Wildman–Crippen MR) is 132 cm³/mol. The molecule has 2 fully saturated rings. The Hall–Kier alpha value is -2.61. The number of hydrogen-bond donors (Lipinski definition) is 1. The molecule has 2 aromatic heterocycles. The first kappa shape index (κ1) is 22.2. The van der Waals surface area contributed by atoms with E-state index in [1.807, 2.05) is 39.8 Å². The Morgan fingerprint density at radius 3 is 2.70 bits per heavy atom. The number of nitrogens with two attached hydrogens (primary N) is 1. The lowest BCUT2D eigenvalue weighted by atomic mass is 10.1. The summed E-state index contributed by atoms with van der Waals surface area (Å²) in [6.07, 6.45) is 8.39. The highest BCUT2D eigenvalue weighted by Gasteiger charge is 2.32. The maximum atomic E-state index is 12.8. The number of likely N-dealkylation sites (tertiary alicyclic amines) is 1. The molecule has 1 saturated heterocycles. The molecule has 0 spiro atoms. The van der Waals surface area contributed by atoms with Crippen LogP contribution >= 0.6 is 23.2 Å². The van der Waals surface area contributed by atoms with Crippen molar-refractivity contribution >= 4 is 46.0 Å². The fraction of sp³-hybridized carbons (Fsp3) is 0.375. The largest absolute Gasteiger partial charge is 0.383 e. The molecular weight excluding hydrogens is 459 g/mol. The van der Waals surface area contributed by atoms with Crippen molar-refractivity contribution in [1.29, 1.82) is 0 Å². The first-order valence-corrected chi connectivity index (χ1v) is 11.9. The van der Waals surface area contributed by atoms with Gasteiger partial charge in [-0.1, -0.05) is 41.4 Å². The van der Waals surface area contributed by atoms with Crippen LogP contribution in [-0.2, 0) is 4.79 Å². The van der Waals surface area contributed by atoms with E-state index >= 15 is 0 Å². The standard InChI is InChI=1S/C24H26Cl2N6O/c1-30(17-8-9-17)11-2-3-19(33)31-12-10-18(13-31)32-22(26)20(15-4-6-16(25)7-5-15)21-23(27)28-14-29-24(21)32/h2-7,14,17-18H,8-13H2,1H3,(H2,27,28,29)/b3-2+. The maximum absolute atomic E-state index is 12.8. The van der Waals surface area contributed by atoms with E-state index in [1.165, 1.54) is 19.2 Å². The topological polar surface area (TPSA) is 80.3 Å². The molecule has 2 N–H and O–H groups in total. The zero-order valence-electron chi connectivity index (χ0n) is 18.4. The number of anilines is 1. The molecule has 1 aliphatic carbocycles. The monoisotopic (exact) mass is 484 g/mol. The number of nitrogens with zero attached hydrogens (tertiary/aromatic N) is 5. The second-order valence-electron chi connectivity index (χ2n) is 8.80. The molecule has 9 heteroatoms. The molecule has 1 saturated carbocycles. The smallest absolute Gasteiger partial charge is 0.246 e. The molecule has 172 valence electrons. The van der Waals surface area contributed by atoms with E-state index in [0.717, 1.165) is 29.5 Å². The Balaban J connectivity index is 1.41. The fourth-order valence-electron chi connectivity index (χ4n) is 4.58. The Bertz CT molecular complexity index is 1220. The molecule has 1 atom stereocenters. The highest BCUT2D eigenvalue weighted by atomic mass is 35.5. The van der Waals surface area contributed by atoms with Gasteiger partial charge in [-0.25, -0.2) is 9.97 Å². The summed E-state index contributed by atoms with van der Waals surface area (Å²) >= 11 is 13.0. The summed E-state index contributed by atoms with van der Waals surface area (Å²) in [5, 5.41) is 1.90. The maximum Gasteiger partial charge on any atom is 0.246 e. The van der Waals surface area contributed by atoms with E-state index < -0.39 is 0 Å².